The van der Waals surface area contributed by atoms with Crippen LogP contribution in [0, 0.1) is 0 Å². The summed E-state index contributed by atoms with van der Waals surface area (Å²) in [7, 11) is 0. The van der Waals surface area contributed by atoms with E-state index in [2.05, 4.69) is 26.1 Å². The van der Waals surface area contributed by atoms with Crippen LogP contribution in [0.25, 0.3) is 0 Å². The van der Waals surface area contributed by atoms with Gasteiger partial charge in [-0.2, -0.15) is 0 Å². The highest BCUT2D eigenvalue weighted by molar-refractivity contribution is 4.98. The van der Waals surface area contributed by atoms with Crippen LogP contribution in [0.3, 0.4) is 0 Å². The molecule has 1 N–H and O–H groups in total. The maximum Gasteiger partial charge on any atom is 0.103 e. The molecular formula is C15H25NO2. The molecule has 102 valence electrons. The maximum atomic E-state index is 5.97. The van der Waals surface area contributed by atoms with Crippen molar-refractivity contribution in [1.82, 2.24) is 5.32 Å². The number of nitrogens with one attached hydrogen (secondary N) is 1. The van der Waals surface area contributed by atoms with Crippen molar-refractivity contribution in [1.29, 1.82) is 0 Å². The molecule has 0 bridgehead atoms. The molecule has 2 atom stereocenters. The van der Waals surface area contributed by atoms with Gasteiger partial charge in [-0.1, -0.05) is 0 Å². The molecule has 1 aromatic heterocycles. The van der Waals surface area contributed by atoms with E-state index in [-0.39, 0.29) is 5.60 Å². The average molecular weight is 251 g/mol. The summed E-state index contributed by atoms with van der Waals surface area (Å²) in [5.41, 5.74) is 0.0732. The number of rotatable bonds is 6. The summed E-state index contributed by atoms with van der Waals surface area (Å²) in [5, 5.41) is 3.56. The molecule has 2 rings (SSSR count). The first-order valence-electron chi connectivity index (χ1n) is 6.99. The zero-order valence-corrected chi connectivity index (χ0v) is 11.7. The molecule has 1 fully saturated rings. The second-order valence-corrected chi connectivity index (χ2v) is 5.97. The molecule has 0 amide bonds. The zero-order valence-electron chi connectivity index (χ0n) is 11.7. The summed E-state index contributed by atoms with van der Waals surface area (Å²) in [4.78, 5) is 0. The molecule has 2 unspecified atom stereocenters. The molecule has 1 saturated heterocycles. The summed E-state index contributed by atoms with van der Waals surface area (Å²) in [6.07, 6.45) is 6.56. The fraction of sp³-hybridized carbons (Fsp3) is 0.733. The van der Waals surface area contributed by atoms with E-state index >= 15 is 0 Å². The van der Waals surface area contributed by atoms with Gasteiger partial charge in [-0.3, -0.25) is 0 Å². The molecule has 3 heteroatoms. The third-order valence-corrected chi connectivity index (χ3v) is 3.65. The van der Waals surface area contributed by atoms with Gasteiger partial charge in [-0.05, 0) is 52.2 Å². The quantitative estimate of drug-likeness (QED) is 0.843. The summed E-state index contributed by atoms with van der Waals surface area (Å²) >= 11 is 0. The van der Waals surface area contributed by atoms with Gasteiger partial charge in [-0.15, -0.1) is 0 Å². The Kier molecular flexibility index (Phi) is 4.46. The van der Waals surface area contributed by atoms with Gasteiger partial charge in [0.25, 0.3) is 0 Å². The lowest BCUT2D eigenvalue weighted by Gasteiger charge is -2.21. The summed E-state index contributed by atoms with van der Waals surface area (Å²) in [6, 6.07) is 4.49. The van der Waals surface area contributed by atoms with Crippen LogP contribution in [-0.4, -0.2) is 24.3 Å². The van der Waals surface area contributed by atoms with Crippen LogP contribution >= 0.6 is 0 Å². The third-order valence-electron chi connectivity index (χ3n) is 3.65. The van der Waals surface area contributed by atoms with Crippen LogP contribution in [0.2, 0.25) is 0 Å². The fourth-order valence-electron chi connectivity index (χ4n) is 2.47. The Morgan fingerprint density at radius 2 is 2.33 bits per heavy atom. The van der Waals surface area contributed by atoms with Crippen LogP contribution in [0.15, 0.2) is 22.8 Å². The predicted molar refractivity (Wildman–Crippen MR) is 72.7 cm³/mol. The van der Waals surface area contributed by atoms with Crippen molar-refractivity contribution in [2.75, 3.05) is 6.54 Å². The average Bonchev–Trinajstić information content (AvgIpc) is 2.93. The molecule has 1 aromatic rings. The van der Waals surface area contributed by atoms with Crippen LogP contribution in [0.1, 0.15) is 45.8 Å². The molecule has 2 heterocycles. The van der Waals surface area contributed by atoms with Crippen LogP contribution in [0.5, 0.6) is 0 Å². The second kappa shape index (κ2) is 5.89. The molecule has 0 aromatic carbocycles. The van der Waals surface area contributed by atoms with Gasteiger partial charge >= 0.3 is 0 Å². The summed E-state index contributed by atoms with van der Waals surface area (Å²) in [5.74, 6) is 1.07. The Morgan fingerprint density at radius 3 is 2.94 bits per heavy atom. The first kappa shape index (κ1) is 13.6. The van der Waals surface area contributed by atoms with Gasteiger partial charge in [0.1, 0.15) is 5.76 Å². The smallest absolute Gasteiger partial charge is 0.103 e. The number of ether oxygens (including phenoxy) is 1. The van der Waals surface area contributed by atoms with Gasteiger partial charge < -0.3 is 14.5 Å². The minimum atomic E-state index is 0.0732. The van der Waals surface area contributed by atoms with E-state index < -0.39 is 0 Å². The lowest BCUT2D eigenvalue weighted by molar-refractivity contribution is -0.0150. The number of hydrogen-bond acceptors (Lipinski definition) is 3. The van der Waals surface area contributed by atoms with Crippen molar-refractivity contribution in [3.05, 3.63) is 24.2 Å². The molecule has 0 saturated carbocycles. The van der Waals surface area contributed by atoms with Gasteiger partial charge in [0, 0.05) is 19.0 Å². The van der Waals surface area contributed by atoms with Gasteiger partial charge in [-0.25, -0.2) is 0 Å². The van der Waals surface area contributed by atoms with E-state index in [4.69, 9.17) is 9.15 Å². The largest absolute Gasteiger partial charge is 0.469 e. The molecule has 1 aliphatic rings. The van der Waals surface area contributed by atoms with Crippen molar-refractivity contribution in [2.24, 2.45) is 0 Å². The number of aryl methyl sites for hydroxylation is 1. The van der Waals surface area contributed by atoms with E-state index in [0.29, 0.717) is 12.1 Å². The van der Waals surface area contributed by atoms with Gasteiger partial charge in [0.15, 0.2) is 0 Å². The van der Waals surface area contributed by atoms with Crippen LogP contribution in [-0.2, 0) is 11.2 Å². The summed E-state index contributed by atoms with van der Waals surface area (Å²) in [6.45, 7) is 7.53. The van der Waals surface area contributed by atoms with Crippen LogP contribution in [0.4, 0.5) is 0 Å². The summed E-state index contributed by atoms with van der Waals surface area (Å²) < 4.78 is 11.3. The van der Waals surface area contributed by atoms with Crippen molar-refractivity contribution in [3.63, 3.8) is 0 Å². The van der Waals surface area contributed by atoms with Crippen LogP contribution < -0.4 is 5.32 Å². The van der Waals surface area contributed by atoms with Gasteiger partial charge in [0.2, 0.25) is 0 Å². The maximum absolute atomic E-state index is 5.97. The van der Waals surface area contributed by atoms with Crippen molar-refractivity contribution >= 4 is 0 Å². The monoisotopic (exact) mass is 251 g/mol. The van der Waals surface area contributed by atoms with Crippen molar-refractivity contribution in [2.45, 2.75) is 64.2 Å². The highest BCUT2D eigenvalue weighted by Crippen LogP contribution is 2.28. The Labute approximate surface area is 110 Å². The van der Waals surface area contributed by atoms with E-state index in [1.807, 2.05) is 12.1 Å². The lowest BCUT2D eigenvalue weighted by atomic mass is 10.1. The molecule has 0 aliphatic carbocycles. The zero-order chi connectivity index (χ0) is 13.0. The molecule has 3 nitrogen and oxygen atoms in total. The van der Waals surface area contributed by atoms with Crippen molar-refractivity contribution < 1.29 is 9.15 Å². The highest BCUT2D eigenvalue weighted by atomic mass is 16.5. The molecule has 0 radical (unpaired) electrons. The Bertz CT molecular complexity index is 345. The standard InChI is InChI=1S/C15H25NO2/c1-12(6-7-13-5-4-10-17-13)16-11-14-8-9-15(2,3)18-14/h4-5,10,12,14,16H,6-9,11H2,1-3H3. The van der Waals surface area contributed by atoms with Gasteiger partial charge in [0.05, 0.1) is 18.0 Å². The normalized spacial score (nSPS) is 24.3. The first-order chi connectivity index (χ1) is 8.55. The van der Waals surface area contributed by atoms with E-state index in [0.717, 1.165) is 25.1 Å². The molecule has 0 spiro atoms. The Morgan fingerprint density at radius 1 is 1.50 bits per heavy atom. The third kappa shape index (κ3) is 4.14. The lowest BCUT2D eigenvalue weighted by Crippen LogP contribution is -2.35. The molecule has 18 heavy (non-hydrogen) atoms. The van der Waals surface area contributed by atoms with E-state index in [1.54, 1.807) is 6.26 Å². The highest BCUT2D eigenvalue weighted by Gasteiger charge is 2.31. The minimum Gasteiger partial charge on any atom is -0.469 e. The number of hydrogen-bond donors (Lipinski definition) is 1. The predicted octanol–water partition coefficient (Wildman–Crippen LogP) is 3.15. The SMILES string of the molecule is CC(CCc1ccco1)NCC1CCC(C)(C)O1. The topological polar surface area (TPSA) is 34.4 Å². The fourth-order valence-corrected chi connectivity index (χ4v) is 2.47. The first-order valence-corrected chi connectivity index (χ1v) is 6.99. The van der Waals surface area contributed by atoms with Crippen molar-refractivity contribution in [3.8, 4) is 0 Å². The Hall–Kier alpha value is -0.800. The van der Waals surface area contributed by atoms with E-state index in [1.165, 1.54) is 12.8 Å². The van der Waals surface area contributed by atoms with E-state index in [9.17, 15) is 0 Å². The molecular weight excluding hydrogens is 226 g/mol. The Balaban J connectivity index is 1.62. The minimum absolute atomic E-state index is 0.0732. The second-order valence-electron chi connectivity index (χ2n) is 5.97. The molecule has 1 aliphatic heterocycles. The number of furan rings is 1.